The van der Waals surface area contributed by atoms with E-state index in [0.717, 1.165) is 16.6 Å². The molecule has 0 aliphatic carbocycles. The van der Waals surface area contributed by atoms with Crippen molar-refractivity contribution in [1.82, 2.24) is 4.57 Å². The van der Waals surface area contributed by atoms with Gasteiger partial charge in [-0.15, -0.1) is 0 Å². The van der Waals surface area contributed by atoms with Crippen molar-refractivity contribution in [2.75, 3.05) is 0 Å². The van der Waals surface area contributed by atoms with Crippen LogP contribution in [0.5, 0.6) is 0 Å². The van der Waals surface area contributed by atoms with Gasteiger partial charge >= 0.3 is 0 Å². The van der Waals surface area contributed by atoms with E-state index in [2.05, 4.69) is 18.0 Å². The lowest BCUT2D eigenvalue weighted by Crippen LogP contribution is -2.16. The average molecular weight is 403 g/mol. The van der Waals surface area contributed by atoms with Crippen LogP contribution >= 0.6 is 11.3 Å². The second-order valence-electron chi connectivity index (χ2n) is 6.60. The third kappa shape index (κ3) is 3.61. The smallest absolute Gasteiger partial charge is 0.279 e. The maximum absolute atomic E-state index is 12.7. The molecule has 0 unspecified atom stereocenters. The Kier molecular flexibility index (Phi) is 5.35. The highest BCUT2D eigenvalue weighted by atomic mass is 32.2. The van der Waals surface area contributed by atoms with Gasteiger partial charge in [-0.2, -0.15) is 4.99 Å². The van der Waals surface area contributed by atoms with Crippen molar-refractivity contribution >= 4 is 37.3 Å². The van der Waals surface area contributed by atoms with E-state index < -0.39 is 21.0 Å². The van der Waals surface area contributed by atoms with Gasteiger partial charge in [0.25, 0.3) is 5.91 Å². The van der Waals surface area contributed by atoms with Gasteiger partial charge in [0.15, 0.2) is 14.6 Å². The fourth-order valence-corrected chi connectivity index (χ4v) is 5.07. The number of amides is 1. The number of fused-ring (bicyclic) bond motifs is 1. The summed E-state index contributed by atoms with van der Waals surface area (Å²) in [6.45, 7) is 5.34. The Bertz CT molecular complexity index is 1190. The summed E-state index contributed by atoms with van der Waals surface area (Å²) in [7, 11) is -1.55. The van der Waals surface area contributed by atoms with Gasteiger partial charge in [-0.1, -0.05) is 36.5 Å². The predicted molar refractivity (Wildman–Crippen MR) is 109 cm³/mol. The molecule has 0 fully saturated rings. The molecule has 0 atom stereocenters. The molecule has 1 aromatic heterocycles. The van der Waals surface area contributed by atoms with Crippen LogP contribution in [0.3, 0.4) is 0 Å². The van der Waals surface area contributed by atoms with E-state index in [9.17, 15) is 13.2 Å². The van der Waals surface area contributed by atoms with Crippen molar-refractivity contribution in [2.45, 2.75) is 37.3 Å². The first-order valence-electron chi connectivity index (χ1n) is 8.76. The summed E-state index contributed by atoms with van der Waals surface area (Å²) >= 11 is 1.45. The van der Waals surface area contributed by atoms with Gasteiger partial charge in [0.05, 0.1) is 20.4 Å². The number of hydrogen-bond donors (Lipinski definition) is 0. The van der Waals surface area contributed by atoms with Crippen LogP contribution in [0, 0.1) is 0 Å². The number of para-hydroxylation sites is 1. The van der Waals surface area contributed by atoms with Crippen LogP contribution in [0.15, 0.2) is 52.4 Å². The summed E-state index contributed by atoms with van der Waals surface area (Å²) in [5, 5.41) is -0.548. The minimum Gasteiger partial charge on any atom is -0.319 e. The average Bonchev–Trinajstić information content (AvgIpc) is 2.97. The lowest BCUT2D eigenvalue weighted by atomic mass is 10.1. The summed E-state index contributed by atoms with van der Waals surface area (Å²) in [6, 6.07) is 12.2. The first-order valence-corrected chi connectivity index (χ1v) is 11.1. The van der Waals surface area contributed by atoms with E-state index >= 15 is 0 Å². The molecule has 27 heavy (non-hydrogen) atoms. The molecular formula is C20H22N2O3S2. The van der Waals surface area contributed by atoms with Crippen LogP contribution in [0.1, 0.15) is 36.7 Å². The Hall–Kier alpha value is -2.25. The Morgan fingerprint density at radius 2 is 1.89 bits per heavy atom. The standard InChI is InChI=1S/C20H22N2O3S2/c1-5-14-8-7-11-17-18(14)22(4)20(26-17)21-19(23)15-9-6-10-16(12-15)27(24,25)13(2)3/h6-13H,5H2,1-4H3. The zero-order valence-electron chi connectivity index (χ0n) is 15.8. The number of aromatic nitrogens is 1. The predicted octanol–water partition coefficient (Wildman–Crippen LogP) is 3.73. The van der Waals surface area contributed by atoms with Crippen molar-refractivity contribution in [1.29, 1.82) is 0 Å². The first kappa shape index (κ1) is 19.5. The van der Waals surface area contributed by atoms with Crippen LogP contribution in [-0.4, -0.2) is 24.1 Å². The number of rotatable bonds is 4. The summed E-state index contributed by atoms with van der Waals surface area (Å²) in [6.07, 6.45) is 0.893. The molecule has 1 heterocycles. The molecule has 142 valence electrons. The number of carbonyl (C=O) groups excluding carboxylic acids is 1. The summed E-state index contributed by atoms with van der Waals surface area (Å²) in [5.41, 5.74) is 2.54. The van der Waals surface area contributed by atoms with E-state index in [-0.39, 0.29) is 10.5 Å². The largest absolute Gasteiger partial charge is 0.319 e. The van der Waals surface area contributed by atoms with Gasteiger partial charge in [-0.3, -0.25) is 4.79 Å². The van der Waals surface area contributed by atoms with Gasteiger partial charge in [0.2, 0.25) is 0 Å². The molecule has 0 bridgehead atoms. The third-order valence-electron chi connectivity index (χ3n) is 4.51. The van der Waals surface area contributed by atoms with Crippen molar-refractivity contribution in [3.05, 3.63) is 58.4 Å². The summed E-state index contributed by atoms with van der Waals surface area (Å²) in [5.74, 6) is -0.448. The number of aryl methyl sites for hydroxylation is 2. The lowest BCUT2D eigenvalue weighted by molar-refractivity contribution is 0.0997. The molecule has 0 radical (unpaired) electrons. The maximum Gasteiger partial charge on any atom is 0.279 e. The van der Waals surface area contributed by atoms with Crippen molar-refractivity contribution < 1.29 is 13.2 Å². The van der Waals surface area contributed by atoms with Crippen LogP contribution in [0.4, 0.5) is 0 Å². The van der Waals surface area contributed by atoms with E-state index in [1.54, 1.807) is 26.0 Å². The van der Waals surface area contributed by atoms with Gasteiger partial charge in [0.1, 0.15) is 0 Å². The minimum absolute atomic E-state index is 0.146. The van der Waals surface area contributed by atoms with Crippen molar-refractivity contribution in [2.24, 2.45) is 12.0 Å². The molecular weight excluding hydrogens is 380 g/mol. The van der Waals surface area contributed by atoms with Crippen LogP contribution in [0.2, 0.25) is 0 Å². The quantitative estimate of drug-likeness (QED) is 0.668. The highest BCUT2D eigenvalue weighted by Crippen LogP contribution is 2.21. The number of sulfone groups is 1. The van der Waals surface area contributed by atoms with Gasteiger partial charge < -0.3 is 4.57 Å². The second-order valence-corrected chi connectivity index (χ2v) is 10.1. The van der Waals surface area contributed by atoms with Crippen LogP contribution in [0.25, 0.3) is 10.2 Å². The monoisotopic (exact) mass is 402 g/mol. The Labute approximate surface area is 162 Å². The van der Waals surface area contributed by atoms with E-state index in [0.29, 0.717) is 4.80 Å². The summed E-state index contributed by atoms with van der Waals surface area (Å²) in [4.78, 5) is 17.7. The highest BCUT2D eigenvalue weighted by molar-refractivity contribution is 7.92. The van der Waals surface area contributed by atoms with Gasteiger partial charge in [-0.05, 0) is 50.1 Å². The number of nitrogens with zero attached hydrogens (tertiary/aromatic N) is 2. The topological polar surface area (TPSA) is 68.5 Å². The van der Waals surface area contributed by atoms with Crippen molar-refractivity contribution in [3.8, 4) is 0 Å². The van der Waals surface area contributed by atoms with Crippen LogP contribution in [-0.2, 0) is 23.3 Å². The molecule has 7 heteroatoms. The van der Waals surface area contributed by atoms with E-state index in [4.69, 9.17) is 0 Å². The second kappa shape index (κ2) is 7.40. The molecule has 0 aliphatic heterocycles. The molecule has 0 saturated carbocycles. The number of thiazole rings is 1. The lowest BCUT2D eigenvalue weighted by Gasteiger charge is -2.08. The minimum atomic E-state index is -3.44. The SMILES string of the molecule is CCc1cccc2sc(=NC(=O)c3cccc(S(=O)(=O)C(C)C)c3)n(C)c12. The molecule has 0 aliphatic rings. The Balaban J connectivity index is 2.08. The highest BCUT2D eigenvalue weighted by Gasteiger charge is 2.20. The normalized spacial score (nSPS) is 12.9. The molecule has 0 spiro atoms. The molecule has 5 nitrogen and oxygen atoms in total. The van der Waals surface area contributed by atoms with E-state index in [1.807, 2.05) is 23.7 Å². The molecule has 3 rings (SSSR count). The molecule has 3 aromatic rings. The zero-order chi connectivity index (χ0) is 19.8. The fourth-order valence-electron chi connectivity index (χ4n) is 2.91. The van der Waals surface area contributed by atoms with Crippen molar-refractivity contribution in [3.63, 3.8) is 0 Å². The first-order chi connectivity index (χ1) is 12.8. The fraction of sp³-hybridized carbons (Fsp3) is 0.300. The van der Waals surface area contributed by atoms with Gasteiger partial charge in [0, 0.05) is 12.6 Å². The number of benzene rings is 2. The van der Waals surface area contributed by atoms with Crippen LogP contribution < -0.4 is 4.80 Å². The maximum atomic E-state index is 12.7. The summed E-state index contributed by atoms with van der Waals surface area (Å²) < 4.78 is 27.7. The van der Waals surface area contributed by atoms with E-state index in [1.165, 1.54) is 29.0 Å². The number of carbonyl (C=O) groups is 1. The molecule has 2 aromatic carbocycles. The Morgan fingerprint density at radius 3 is 2.56 bits per heavy atom. The molecule has 1 amide bonds. The molecule has 0 saturated heterocycles. The number of hydrogen-bond acceptors (Lipinski definition) is 4. The zero-order valence-corrected chi connectivity index (χ0v) is 17.4. The Morgan fingerprint density at radius 1 is 1.19 bits per heavy atom. The third-order valence-corrected chi connectivity index (χ3v) is 7.76. The van der Waals surface area contributed by atoms with Gasteiger partial charge in [-0.25, -0.2) is 8.42 Å². The molecule has 0 N–H and O–H groups in total.